The highest BCUT2D eigenvalue weighted by Gasteiger charge is 2.47. The molecular formula is C24H18O4. The number of rotatable bonds is 1. The number of esters is 1. The minimum atomic E-state index is -1.66. The van der Waals surface area contributed by atoms with E-state index >= 15 is 0 Å². The lowest BCUT2D eigenvalue weighted by Crippen LogP contribution is -2.48. The average molecular weight is 370 g/mol. The molecule has 0 amide bonds. The summed E-state index contributed by atoms with van der Waals surface area (Å²) < 4.78 is 10.8. The van der Waals surface area contributed by atoms with Crippen molar-refractivity contribution in [3.63, 3.8) is 0 Å². The molecule has 4 rings (SSSR count). The second kappa shape index (κ2) is 7.25. The van der Waals surface area contributed by atoms with Crippen LogP contribution in [0.25, 0.3) is 0 Å². The Hall–Kier alpha value is -3.50. The molecule has 28 heavy (non-hydrogen) atoms. The van der Waals surface area contributed by atoms with Gasteiger partial charge in [-0.3, -0.25) is 4.79 Å². The van der Waals surface area contributed by atoms with Gasteiger partial charge in [0.2, 0.25) is 0 Å². The van der Waals surface area contributed by atoms with Crippen LogP contribution in [0.4, 0.5) is 0 Å². The molecule has 4 nitrogen and oxygen atoms in total. The van der Waals surface area contributed by atoms with E-state index in [0.29, 0.717) is 17.2 Å². The van der Waals surface area contributed by atoms with Crippen LogP contribution in [-0.2, 0) is 9.53 Å². The Morgan fingerprint density at radius 1 is 1.11 bits per heavy atom. The van der Waals surface area contributed by atoms with Crippen LogP contribution in [0.2, 0.25) is 0 Å². The molecule has 2 aliphatic rings. The van der Waals surface area contributed by atoms with Crippen LogP contribution in [0.1, 0.15) is 40.7 Å². The normalized spacial score (nSPS) is 19.8. The van der Waals surface area contributed by atoms with Gasteiger partial charge in [-0.25, -0.2) is 4.79 Å². The number of carbonyl (C=O) groups is 2. The van der Waals surface area contributed by atoms with Crippen LogP contribution < -0.4 is 4.74 Å². The smallest absolute Gasteiger partial charge is 0.363 e. The lowest BCUT2D eigenvalue weighted by Gasteiger charge is -2.31. The van der Waals surface area contributed by atoms with Gasteiger partial charge in [0.05, 0.1) is 19.1 Å². The SMILES string of the molecule is COC(=O)[C@]1(C#Cc2ccccc2)CC(=O)c2cc(C#CC3CC3)ccc2O1. The lowest BCUT2D eigenvalue weighted by molar-refractivity contribution is -0.154. The van der Waals surface area contributed by atoms with Crippen molar-refractivity contribution in [2.45, 2.75) is 24.9 Å². The van der Waals surface area contributed by atoms with Crippen LogP contribution in [0.3, 0.4) is 0 Å². The second-order valence-electron chi connectivity index (χ2n) is 6.89. The third-order valence-corrected chi connectivity index (χ3v) is 4.67. The molecule has 0 spiro atoms. The van der Waals surface area contributed by atoms with E-state index in [1.807, 2.05) is 30.3 Å². The Bertz CT molecular complexity index is 1060. The maximum absolute atomic E-state index is 12.8. The maximum Gasteiger partial charge on any atom is 0.363 e. The molecule has 2 aromatic rings. The summed E-state index contributed by atoms with van der Waals surface area (Å²) in [7, 11) is 1.26. The fourth-order valence-corrected chi connectivity index (χ4v) is 2.97. The zero-order valence-electron chi connectivity index (χ0n) is 15.5. The van der Waals surface area contributed by atoms with E-state index in [1.54, 1.807) is 18.2 Å². The third-order valence-electron chi connectivity index (χ3n) is 4.67. The standard InChI is InChI=1S/C24H18O4/c1-27-23(26)24(14-13-17-5-3-2-4-6-17)16-21(25)20-15-19(10-9-18-7-8-18)11-12-22(20)28-24/h2-6,11-12,15,18H,7-8,16H2,1H3/t24-/m0/s1. The van der Waals surface area contributed by atoms with Gasteiger partial charge in [-0.15, -0.1) is 0 Å². The van der Waals surface area contributed by atoms with E-state index in [2.05, 4.69) is 23.7 Å². The summed E-state index contributed by atoms with van der Waals surface area (Å²) in [6, 6.07) is 14.4. The van der Waals surface area contributed by atoms with Gasteiger partial charge in [0, 0.05) is 17.0 Å². The van der Waals surface area contributed by atoms with Gasteiger partial charge in [-0.2, -0.15) is 0 Å². The van der Waals surface area contributed by atoms with Crippen molar-refractivity contribution < 1.29 is 19.1 Å². The van der Waals surface area contributed by atoms with Gasteiger partial charge in [0.15, 0.2) is 5.78 Å². The van der Waals surface area contributed by atoms with E-state index in [0.717, 1.165) is 24.0 Å². The van der Waals surface area contributed by atoms with E-state index < -0.39 is 11.6 Å². The molecule has 4 heteroatoms. The molecule has 0 saturated heterocycles. The van der Waals surface area contributed by atoms with Crippen molar-refractivity contribution in [3.05, 3.63) is 65.2 Å². The van der Waals surface area contributed by atoms with Crippen LogP contribution in [0.15, 0.2) is 48.5 Å². The van der Waals surface area contributed by atoms with Crippen molar-refractivity contribution >= 4 is 11.8 Å². The molecule has 1 saturated carbocycles. The van der Waals surface area contributed by atoms with E-state index in [9.17, 15) is 9.59 Å². The van der Waals surface area contributed by atoms with Crippen molar-refractivity contribution in [1.29, 1.82) is 0 Å². The van der Waals surface area contributed by atoms with E-state index in [4.69, 9.17) is 9.47 Å². The van der Waals surface area contributed by atoms with Gasteiger partial charge in [-0.05, 0) is 49.1 Å². The van der Waals surface area contributed by atoms with Gasteiger partial charge < -0.3 is 9.47 Å². The summed E-state index contributed by atoms with van der Waals surface area (Å²) in [6.07, 6.45) is 2.08. The fraction of sp³-hybridized carbons (Fsp3) is 0.250. The molecule has 0 aromatic heterocycles. The summed E-state index contributed by atoms with van der Waals surface area (Å²) in [4.78, 5) is 25.3. The summed E-state index contributed by atoms with van der Waals surface area (Å²) in [5, 5.41) is 0. The fourth-order valence-electron chi connectivity index (χ4n) is 2.97. The number of ketones is 1. The molecule has 0 N–H and O–H groups in total. The minimum absolute atomic E-state index is 0.202. The summed E-state index contributed by atoms with van der Waals surface area (Å²) in [6.45, 7) is 0. The Morgan fingerprint density at radius 3 is 2.61 bits per heavy atom. The lowest BCUT2D eigenvalue weighted by atomic mass is 9.89. The third kappa shape index (κ3) is 3.63. The first-order valence-electron chi connectivity index (χ1n) is 9.14. The first kappa shape index (κ1) is 17.9. The maximum atomic E-state index is 12.8. The number of ether oxygens (including phenoxy) is 2. The highest BCUT2D eigenvalue weighted by atomic mass is 16.6. The Labute approximate surface area is 163 Å². The predicted molar refractivity (Wildman–Crippen MR) is 104 cm³/mol. The summed E-state index contributed by atoms with van der Waals surface area (Å²) >= 11 is 0. The Balaban J connectivity index is 1.69. The topological polar surface area (TPSA) is 52.6 Å². The highest BCUT2D eigenvalue weighted by Crippen LogP contribution is 2.35. The molecule has 138 valence electrons. The summed E-state index contributed by atoms with van der Waals surface area (Å²) in [5.41, 5.74) is 0.251. The van der Waals surface area contributed by atoms with Gasteiger partial charge >= 0.3 is 5.97 Å². The number of Topliss-reactive ketones (excluding diaryl/α,β-unsaturated/α-hetero) is 1. The van der Waals surface area contributed by atoms with Gasteiger partial charge in [-0.1, -0.05) is 36.0 Å². The molecule has 0 unspecified atom stereocenters. The molecule has 1 fully saturated rings. The molecule has 1 atom stereocenters. The van der Waals surface area contributed by atoms with Gasteiger partial charge in [0.25, 0.3) is 5.60 Å². The number of methoxy groups -OCH3 is 1. The van der Waals surface area contributed by atoms with E-state index in [1.165, 1.54) is 7.11 Å². The number of carbonyl (C=O) groups excluding carboxylic acids is 2. The van der Waals surface area contributed by atoms with Crippen LogP contribution in [0.5, 0.6) is 5.75 Å². The highest BCUT2D eigenvalue weighted by molar-refractivity contribution is 6.05. The average Bonchev–Trinajstić information content (AvgIpc) is 3.55. The number of fused-ring (bicyclic) bond motifs is 1. The van der Waals surface area contributed by atoms with Gasteiger partial charge in [0.1, 0.15) is 5.75 Å². The van der Waals surface area contributed by atoms with Crippen molar-refractivity contribution in [2.24, 2.45) is 5.92 Å². The number of hydrogen-bond donors (Lipinski definition) is 0. The van der Waals surface area contributed by atoms with Crippen molar-refractivity contribution in [2.75, 3.05) is 7.11 Å². The van der Waals surface area contributed by atoms with Crippen LogP contribution in [0, 0.1) is 29.6 Å². The number of hydrogen-bond acceptors (Lipinski definition) is 4. The minimum Gasteiger partial charge on any atom is -0.465 e. The monoisotopic (exact) mass is 370 g/mol. The van der Waals surface area contributed by atoms with Crippen molar-refractivity contribution in [1.82, 2.24) is 0 Å². The molecule has 1 aliphatic carbocycles. The second-order valence-corrected chi connectivity index (χ2v) is 6.89. The summed E-state index contributed by atoms with van der Waals surface area (Å²) in [5.74, 6) is 11.9. The molecule has 0 bridgehead atoms. The molecule has 2 aromatic carbocycles. The van der Waals surface area contributed by atoms with Crippen LogP contribution in [-0.4, -0.2) is 24.5 Å². The predicted octanol–water partition coefficient (Wildman–Crippen LogP) is 3.38. The largest absolute Gasteiger partial charge is 0.465 e. The Kier molecular flexibility index (Phi) is 4.63. The molecule has 1 aliphatic heterocycles. The molecule has 0 radical (unpaired) electrons. The number of benzene rings is 2. The Morgan fingerprint density at radius 2 is 1.89 bits per heavy atom. The quantitative estimate of drug-likeness (QED) is 0.570. The van der Waals surface area contributed by atoms with Crippen LogP contribution >= 0.6 is 0 Å². The zero-order valence-corrected chi connectivity index (χ0v) is 15.5. The molecule has 1 heterocycles. The zero-order chi connectivity index (χ0) is 19.6. The van der Waals surface area contributed by atoms with E-state index in [-0.39, 0.29) is 12.2 Å². The van der Waals surface area contributed by atoms with Crippen molar-refractivity contribution in [3.8, 4) is 29.4 Å². The first-order valence-corrected chi connectivity index (χ1v) is 9.14. The first-order chi connectivity index (χ1) is 13.6. The molecular weight excluding hydrogens is 352 g/mol.